The van der Waals surface area contributed by atoms with E-state index in [2.05, 4.69) is 0 Å². The molecule has 0 aliphatic carbocycles. The molecule has 2 aromatic carbocycles. The summed E-state index contributed by atoms with van der Waals surface area (Å²) in [4.78, 5) is 39.2. The van der Waals surface area contributed by atoms with Gasteiger partial charge < -0.3 is 19.5 Å². The van der Waals surface area contributed by atoms with Crippen molar-refractivity contribution in [1.29, 1.82) is 0 Å². The molecule has 2 heterocycles. The summed E-state index contributed by atoms with van der Waals surface area (Å²) in [6.45, 7) is 0.233. The lowest BCUT2D eigenvalue weighted by Crippen LogP contribution is -2.43. The maximum Gasteiger partial charge on any atom is 0.346 e. The first-order chi connectivity index (χ1) is 17.6. The number of thiophene rings is 1. The molecular weight excluding hydrogens is 513 g/mol. The van der Waals surface area contributed by atoms with E-state index in [1.54, 1.807) is 0 Å². The first kappa shape index (κ1) is 26.2. The molecule has 0 spiro atoms. The maximum atomic E-state index is 14.9. The number of methoxy groups -OCH3 is 1. The zero-order valence-corrected chi connectivity index (χ0v) is 20.5. The highest BCUT2D eigenvalue weighted by Crippen LogP contribution is 2.35. The molecule has 1 N–H and O–H groups in total. The minimum Gasteiger partial charge on any atom is -0.489 e. The zero-order chi connectivity index (χ0) is 26.9. The number of carbonyl (C=O) groups excluding carboxylic acids is 2. The number of carboxylic acid groups (broad SMARTS) is 1. The summed E-state index contributed by atoms with van der Waals surface area (Å²) in [6.07, 6.45) is -0.273. The van der Waals surface area contributed by atoms with Crippen molar-refractivity contribution in [1.82, 2.24) is 0 Å². The Morgan fingerprint density at radius 3 is 2.57 bits per heavy atom. The number of aromatic carboxylic acids is 1. The van der Waals surface area contributed by atoms with Crippen molar-refractivity contribution >= 4 is 40.5 Å². The average Bonchev–Trinajstić information content (AvgIpc) is 3.28. The molecule has 0 fully saturated rings. The lowest BCUT2D eigenvalue weighted by molar-refractivity contribution is -0.117. The fourth-order valence-electron chi connectivity index (χ4n) is 4.04. The lowest BCUT2D eigenvalue weighted by atomic mass is 10.00. The largest absolute Gasteiger partial charge is 0.489 e. The van der Waals surface area contributed by atoms with Crippen molar-refractivity contribution in [2.45, 2.75) is 13.0 Å². The van der Waals surface area contributed by atoms with E-state index in [0.717, 1.165) is 23.5 Å². The molecule has 0 saturated carbocycles. The van der Waals surface area contributed by atoms with Gasteiger partial charge in [0.2, 0.25) is 5.91 Å². The second-order valence-corrected chi connectivity index (χ2v) is 9.05. The maximum absolute atomic E-state index is 14.9. The van der Waals surface area contributed by atoms with Gasteiger partial charge in [0.1, 0.15) is 28.7 Å². The second kappa shape index (κ2) is 10.6. The summed E-state index contributed by atoms with van der Waals surface area (Å²) in [7, 11) is 2.94. The van der Waals surface area contributed by atoms with Gasteiger partial charge in [-0.3, -0.25) is 9.59 Å². The average molecular weight is 535 g/mol. The summed E-state index contributed by atoms with van der Waals surface area (Å²) in [5.41, 5.74) is -0.0710. The van der Waals surface area contributed by atoms with Crippen LogP contribution in [0.15, 0.2) is 35.7 Å². The Balaban J connectivity index is 1.66. The number of benzene rings is 2. The van der Waals surface area contributed by atoms with Gasteiger partial charge in [0.25, 0.3) is 5.91 Å². The van der Waals surface area contributed by atoms with Gasteiger partial charge in [0.05, 0.1) is 24.3 Å². The van der Waals surface area contributed by atoms with Crippen LogP contribution in [0.2, 0.25) is 0 Å². The summed E-state index contributed by atoms with van der Waals surface area (Å²) >= 11 is 0.815. The van der Waals surface area contributed by atoms with E-state index in [1.165, 1.54) is 42.6 Å². The van der Waals surface area contributed by atoms with E-state index in [9.17, 15) is 32.7 Å². The van der Waals surface area contributed by atoms with Gasteiger partial charge in [-0.25, -0.2) is 22.9 Å². The van der Waals surface area contributed by atoms with Crippen molar-refractivity contribution in [3.05, 3.63) is 74.7 Å². The summed E-state index contributed by atoms with van der Waals surface area (Å²) in [6, 6.07) is 5.86. The monoisotopic (exact) mass is 534 g/mol. The number of hydrogen-bond donors (Lipinski definition) is 1. The Hall–Kier alpha value is -3.90. The Kier molecular flexibility index (Phi) is 7.50. The number of anilines is 2. The van der Waals surface area contributed by atoms with Crippen LogP contribution in [0.5, 0.6) is 5.75 Å². The number of rotatable bonds is 9. The standard InChI is InChI=1S/C25H21F3N2O6S/c1-29(22-18(36-8-7-35-2)6-5-16(27)21(22)28)11-13-3-4-15(26)17(9-13)30-19(31)10-14-12-37-23(25(33)34)20(14)24(30)32/h3-6,9,12H,7-8,10-11H2,1-2H3,(H,33,34). The number of imide groups is 1. The number of halogens is 3. The van der Waals surface area contributed by atoms with Gasteiger partial charge in [0.15, 0.2) is 11.6 Å². The number of carbonyl (C=O) groups is 3. The molecule has 194 valence electrons. The topological polar surface area (TPSA) is 96.4 Å². The molecule has 0 saturated heterocycles. The minimum atomic E-state index is -1.33. The van der Waals surface area contributed by atoms with Crippen LogP contribution >= 0.6 is 11.3 Å². The second-order valence-electron chi connectivity index (χ2n) is 8.17. The molecule has 4 rings (SSSR count). The van der Waals surface area contributed by atoms with Gasteiger partial charge in [-0.15, -0.1) is 11.3 Å². The van der Waals surface area contributed by atoms with Crippen LogP contribution in [-0.2, 0) is 22.5 Å². The molecule has 0 unspecified atom stereocenters. The Morgan fingerprint density at radius 2 is 1.86 bits per heavy atom. The summed E-state index contributed by atoms with van der Waals surface area (Å²) in [5.74, 6) is -6.05. The van der Waals surface area contributed by atoms with E-state index >= 15 is 0 Å². The van der Waals surface area contributed by atoms with Crippen molar-refractivity contribution < 1.29 is 42.1 Å². The molecule has 37 heavy (non-hydrogen) atoms. The highest BCUT2D eigenvalue weighted by atomic mass is 32.1. The normalized spacial score (nSPS) is 13.1. The third-order valence-corrected chi connectivity index (χ3v) is 6.72. The Morgan fingerprint density at radius 1 is 1.14 bits per heavy atom. The highest BCUT2D eigenvalue weighted by molar-refractivity contribution is 7.12. The van der Waals surface area contributed by atoms with E-state index in [-0.39, 0.29) is 59.3 Å². The van der Waals surface area contributed by atoms with Gasteiger partial charge in [-0.1, -0.05) is 6.07 Å². The zero-order valence-electron chi connectivity index (χ0n) is 19.7. The molecule has 1 aliphatic rings. The fraction of sp³-hybridized carbons (Fsp3) is 0.240. The molecule has 12 heteroatoms. The van der Waals surface area contributed by atoms with E-state index in [1.807, 2.05) is 0 Å². The lowest BCUT2D eigenvalue weighted by Gasteiger charge is -2.27. The fourth-order valence-corrected chi connectivity index (χ4v) is 4.93. The quantitative estimate of drug-likeness (QED) is 0.324. The van der Waals surface area contributed by atoms with Crippen LogP contribution < -0.4 is 14.5 Å². The molecule has 2 amide bonds. The van der Waals surface area contributed by atoms with Crippen LogP contribution in [0, 0.1) is 17.5 Å². The molecule has 8 nitrogen and oxygen atoms in total. The molecular formula is C25H21F3N2O6S. The minimum absolute atomic E-state index is 0.0633. The number of hydrogen-bond acceptors (Lipinski definition) is 7. The van der Waals surface area contributed by atoms with Crippen molar-refractivity contribution in [2.75, 3.05) is 37.2 Å². The van der Waals surface area contributed by atoms with Gasteiger partial charge in [-0.2, -0.15) is 0 Å². The molecule has 3 aromatic rings. The predicted molar refractivity (Wildman–Crippen MR) is 129 cm³/mol. The molecule has 0 bridgehead atoms. The Labute approximate surface area is 213 Å². The van der Waals surface area contributed by atoms with Gasteiger partial charge in [-0.05, 0) is 40.8 Å². The molecule has 1 aromatic heterocycles. The number of ether oxygens (including phenoxy) is 2. The Bertz CT molecular complexity index is 1390. The third kappa shape index (κ3) is 5.02. The first-order valence-electron chi connectivity index (χ1n) is 10.9. The van der Waals surface area contributed by atoms with Crippen LogP contribution in [0.4, 0.5) is 24.5 Å². The smallest absolute Gasteiger partial charge is 0.346 e. The summed E-state index contributed by atoms with van der Waals surface area (Å²) < 4.78 is 54.1. The van der Waals surface area contributed by atoms with Gasteiger partial charge >= 0.3 is 5.97 Å². The van der Waals surface area contributed by atoms with Crippen LogP contribution in [-0.4, -0.2) is 50.3 Å². The van der Waals surface area contributed by atoms with Crippen molar-refractivity contribution in [3.8, 4) is 5.75 Å². The van der Waals surface area contributed by atoms with Crippen molar-refractivity contribution in [3.63, 3.8) is 0 Å². The van der Waals surface area contributed by atoms with E-state index in [0.29, 0.717) is 10.5 Å². The highest BCUT2D eigenvalue weighted by Gasteiger charge is 2.38. The van der Waals surface area contributed by atoms with Gasteiger partial charge in [0, 0.05) is 20.7 Å². The number of carboxylic acids is 1. The summed E-state index contributed by atoms with van der Waals surface area (Å²) in [5, 5.41) is 10.8. The first-order valence-corrected chi connectivity index (χ1v) is 11.8. The van der Waals surface area contributed by atoms with Crippen molar-refractivity contribution in [2.24, 2.45) is 0 Å². The number of amides is 2. The molecule has 0 radical (unpaired) electrons. The van der Waals surface area contributed by atoms with Crippen LogP contribution in [0.3, 0.4) is 0 Å². The SMILES string of the molecule is COCCOc1ccc(F)c(F)c1N(C)Cc1ccc(F)c(N2C(=O)Cc3csc(C(=O)O)c3C2=O)c1. The molecule has 1 aliphatic heterocycles. The van der Waals surface area contributed by atoms with Crippen LogP contribution in [0.1, 0.15) is 31.2 Å². The third-order valence-electron chi connectivity index (χ3n) is 5.70. The van der Waals surface area contributed by atoms with E-state index < -0.39 is 35.2 Å². The predicted octanol–water partition coefficient (Wildman–Crippen LogP) is 4.25. The van der Waals surface area contributed by atoms with Crippen LogP contribution in [0.25, 0.3) is 0 Å². The number of nitrogens with zero attached hydrogens (tertiary/aromatic N) is 2. The van der Waals surface area contributed by atoms with E-state index in [4.69, 9.17) is 9.47 Å². The number of fused-ring (bicyclic) bond motifs is 1. The molecule has 0 atom stereocenters.